The Hall–Kier alpha value is -2.46. The molecule has 3 aromatic rings. The molecule has 21 heavy (non-hydrogen) atoms. The molecule has 3 nitrogen and oxygen atoms in total. The van der Waals surface area contributed by atoms with Crippen LogP contribution in [0.5, 0.6) is 11.5 Å². The molecule has 0 aliphatic carbocycles. The van der Waals surface area contributed by atoms with Crippen LogP contribution in [0.3, 0.4) is 0 Å². The molecule has 1 heterocycles. The van der Waals surface area contributed by atoms with Crippen LogP contribution in [0.25, 0.3) is 10.9 Å². The number of aromatic nitrogens is 1. The highest BCUT2D eigenvalue weighted by Crippen LogP contribution is 2.34. The minimum absolute atomic E-state index is 0.195. The number of fused-ring (bicyclic) bond motifs is 1. The minimum atomic E-state index is -0.360. The van der Waals surface area contributed by atoms with Gasteiger partial charge in [0.1, 0.15) is 5.75 Å². The van der Waals surface area contributed by atoms with Gasteiger partial charge in [0.05, 0.1) is 5.52 Å². The molecule has 0 aliphatic heterocycles. The van der Waals surface area contributed by atoms with Gasteiger partial charge in [0, 0.05) is 23.7 Å². The van der Waals surface area contributed by atoms with Gasteiger partial charge in [-0.05, 0) is 30.7 Å². The number of benzene rings is 2. The maximum Gasteiger partial charge on any atom is 0.168 e. The van der Waals surface area contributed by atoms with Crippen LogP contribution >= 0.6 is 0 Å². The Kier molecular flexibility index (Phi) is 3.54. The molecule has 0 radical (unpaired) electrons. The Morgan fingerprint density at radius 1 is 1.14 bits per heavy atom. The molecule has 4 heteroatoms. The number of rotatable bonds is 3. The van der Waals surface area contributed by atoms with Gasteiger partial charge in [0.2, 0.25) is 0 Å². The highest BCUT2D eigenvalue weighted by molar-refractivity contribution is 5.86. The largest absolute Gasteiger partial charge is 0.453 e. The first-order chi connectivity index (χ1) is 10.2. The van der Waals surface area contributed by atoms with E-state index in [0.717, 1.165) is 16.5 Å². The van der Waals surface area contributed by atoms with Crippen LogP contribution in [-0.4, -0.2) is 4.98 Å². The van der Waals surface area contributed by atoms with E-state index < -0.39 is 0 Å². The molecule has 0 atom stereocenters. The Morgan fingerprint density at radius 3 is 2.76 bits per heavy atom. The fraction of sp³-hybridized carbons (Fsp3) is 0.118. The van der Waals surface area contributed by atoms with E-state index in [4.69, 9.17) is 10.5 Å². The summed E-state index contributed by atoms with van der Waals surface area (Å²) < 4.78 is 20.0. The lowest BCUT2D eigenvalue weighted by atomic mass is 10.1. The molecule has 0 saturated heterocycles. The Bertz CT molecular complexity index is 802. The number of para-hydroxylation sites is 1. The summed E-state index contributed by atoms with van der Waals surface area (Å²) in [6, 6.07) is 12.6. The van der Waals surface area contributed by atoms with Crippen molar-refractivity contribution in [1.29, 1.82) is 0 Å². The van der Waals surface area contributed by atoms with E-state index >= 15 is 0 Å². The molecule has 0 fully saturated rings. The molecule has 0 saturated carbocycles. The summed E-state index contributed by atoms with van der Waals surface area (Å²) in [4.78, 5) is 4.34. The topological polar surface area (TPSA) is 48.1 Å². The highest BCUT2D eigenvalue weighted by Gasteiger charge is 2.13. The van der Waals surface area contributed by atoms with Crippen LogP contribution in [0.2, 0.25) is 0 Å². The number of hydrogen-bond donors (Lipinski definition) is 1. The minimum Gasteiger partial charge on any atom is -0.453 e. The highest BCUT2D eigenvalue weighted by atomic mass is 19.1. The standard InChI is InChI=1S/C17H15FN2O/c1-11-5-4-8-15(16(11)18)21-17-12(9-19)10-20-14-7-3-2-6-13(14)17/h2-8,10H,9,19H2,1H3. The summed E-state index contributed by atoms with van der Waals surface area (Å²) in [6.45, 7) is 1.98. The first-order valence-corrected chi connectivity index (χ1v) is 6.70. The first kappa shape index (κ1) is 13.5. The molecule has 0 amide bonds. The zero-order valence-electron chi connectivity index (χ0n) is 11.6. The van der Waals surface area contributed by atoms with Crippen LogP contribution in [-0.2, 0) is 6.54 Å². The van der Waals surface area contributed by atoms with E-state index in [9.17, 15) is 4.39 Å². The predicted octanol–water partition coefficient (Wildman–Crippen LogP) is 3.93. The third kappa shape index (κ3) is 2.45. The molecule has 0 bridgehead atoms. The second-order valence-corrected chi connectivity index (χ2v) is 4.82. The summed E-state index contributed by atoms with van der Waals surface area (Å²) in [5, 5.41) is 0.821. The van der Waals surface area contributed by atoms with Crippen molar-refractivity contribution in [3.05, 3.63) is 65.6 Å². The molecular weight excluding hydrogens is 267 g/mol. The summed E-state index contributed by atoms with van der Waals surface area (Å²) in [6.07, 6.45) is 1.67. The molecule has 2 aromatic carbocycles. The lowest BCUT2D eigenvalue weighted by molar-refractivity contribution is 0.439. The molecule has 0 aliphatic rings. The number of pyridine rings is 1. The summed E-state index contributed by atoms with van der Waals surface area (Å²) >= 11 is 0. The summed E-state index contributed by atoms with van der Waals surface area (Å²) in [7, 11) is 0. The van der Waals surface area contributed by atoms with E-state index in [2.05, 4.69) is 4.98 Å². The molecule has 0 spiro atoms. The number of hydrogen-bond acceptors (Lipinski definition) is 3. The van der Waals surface area contributed by atoms with Gasteiger partial charge in [0.15, 0.2) is 11.6 Å². The van der Waals surface area contributed by atoms with Gasteiger partial charge in [-0.3, -0.25) is 4.98 Å². The maximum atomic E-state index is 14.2. The third-order valence-electron chi connectivity index (χ3n) is 3.39. The number of aryl methyl sites for hydroxylation is 1. The van der Waals surface area contributed by atoms with Gasteiger partial charge >= 0.3 is 0 Å². The van der Waals surface area contributed by atoms with Gasteiger partial charge in [0.25, 0.3) is 0 Å². The summed E-state index contributed by atoms with van der Waals surface area (Å²) in [5.74, 6) is 0.398. The first-order valence-electron chi connectivity index (χ1n) is 6.70. The summed E-state index contributed by atoms with van der Waals surface area (Å²) in [5.41, 5.74) is 7.83. The lowest BCUT2D eigenvalue weighted by Crippen LogP contribution is -2.02. The second-order valence-electron chi connectivity index (χ2n) is 4.82. The van der Waals surface area contributed by atoms with Gasteiger partial charge < -0.3 is 10.5 Å². The van der Waals surface area contributed by atoms with E-state index in [-0.39, 0.29) is 18.1 Å². The van der Waals surface area contributed by atoms with Gasteiger partial charge in [-0.2, -0.15) is 0 Å². The van der Waals surface area contributed by atoms with Crippen molar-refractivity contribution in [2.75, 3.05) is 0 Å². The number of nitrogens with zero attached hydrogens (tertiary/aromatic N) is 1. The van der Waals surface area contributed by atoms with Crippen LogP contribution in [0.1, 0.15) is 11.1 Å². The Balaban J connectivity index is 2.17. The zero-order chi connectivity index (χ0) is 14.8. The fourth-order valence-corrected chi connectivity index (χ4v) is 2.23. The van der Waals surface area contributed by atoms with Crippen molar-refractivity contribution in [3.63, 3.8) is 0 Å². The van der Waals surface area contributed by atoms with Crippen molar-refractivity contribution in [1.82, 2.24) is 4.98 Å². The van der Waals surface area contributed by atoms with Crippen LogP contribution < -0.4 is 10.5 Å². The van der Waals surface area contributed by atoms with E-state index in [1.807, 2.05) is 24.3 Å². The van der Waals surface area contributed by atoms with Crippen LogP contribution in [0.4, 0.5) is 4.39 Å². The predicted molar refractivity (Wildman–Crippen MR) is 80.8 cm³/mol. The Labute approximate surface area is 122 Å². The Morgan fingerprint density at radius 2 is 1.95 bits per heavy atom. The third-order valence-corrected chi connectivity index (χ3v) is 3.39. The molecule has 1 aromatic heterocycles. The van der Waals surface area contributed by atoms with Crippen molar-refractivity contribution >= 4 is 10.9 Å². The number of ether oxygens (including phenoxy) is 1. The molecule has 2 N–H and O–H groups in total. The average molecular weight is 282 g/mol. The number of halogens is 1. The zero-order valence-corrected chi connectivity index (χ0v) is 11.6. The SMILES string of the molecule is Cc1cccc(Oc2c(CN)cnc3ccccc23)c1F. The van der Waals surface area contributed by atoms with E-state index in [1.54, 1.807) is 31.3 Å². The van der Waals surface area contributed by atoms with Crippen molar-refractivity contribution in [2.45, 2.75) is 13.5 Å². The van der Waals surface area contributed by atoms with Gasteiger partial charge in [-0.1, -0.05) is 24.3 Å². The molecular formula is C17H15FN2O. The maximum absolute atomic E-state index is 14.2. The van der Waals surface area contributed by atoms with E-state index in [0.29, 0.717) is 11.3 Å². The molecule has 0 unspecified atom stereocenters. The van der Waals surface area contributed by atoms with Crippen molar-refractivity contribution < 1.29 is 9.13 Å². The monoisotopic (exact) mass is 282 g/mol. The molecule has 106 valence electrons. The lowest BCUT2D eigenvalue weighted by Gasteiger charge is -2.13. The van der Waals surface area contributed by atoms with Crippen molar-refractivity contribution in [3.8, 4) is 11.5 Å². The van der Waals surface area contributed by atoms with Gasteiger partial charge in [-0.15, -0.1) is 0 Å². The average Bonchev–Trinajstić information content (AvgIpc) is 2.52. The van der Waals surface area contributed by atoms with Gasteiger partial charge in [-0.25, -0.2) is 4.39 Å². The smallest absolute Gasteiger partial charge is 0.168 e. The van der Waals surface area contributed by atoms with E-state index in [1.165, 1.54) is 0 Å². The van der Waals surface area contributed by atoms with Crippen LogP contribution in [0, 0.1) is 12.7 Å². The van der Waals surface area contributed by atoms with Crippen molar-refractivity contribution in [2.24, 2.45) is 5.73 Å². The normalized spacial score (nSPS) is 10.8. The molecule has 3 rings (SSSR count). The quantitative estimate of drug-likeness (QED) is 0.791. The van der Waals surface area contributed by atoms with Crippen LogP contribution in [0.15, 0.2) is 48.7 Å². The second kappa shape index (κ2) is 5.50. The number of nitrogens with two attached hydrogens (primary N) is 1. The fourth-order valence-electron chi connectivity index (χ4n) is 2.23.